The molecule has 17 heavy (non-hydrogen) atoms. The maximum absolute atomic E-state index is 6.25. The molecule has 2 heterocycles. The first-order chi connectivity index (χ1) is 8.15. The summed E-state index contributed by atoms with van der Waals surface area (Å²) in [5.41, 5.74) is 8.08. The molecule has 0 spiro atoms. The minimum Gasteiger partial charge on any atom is -0.325 e. The fraction of sp³-hybridized carbons (Fsp3) is 0.500. The van der Waals surface area contributed by atoms with E-state index in [1.165, 1.54) is 0 Å². The van der Waals surface area contributed by atoms with Crippen molar-refractivity contribution in [3.05, 3.63) is 28.3 Å². The number of hydrogen-bond donors (Lipinski definition) is 1. The normalized spacial score (nSPS) is 11.1. The Morgan fingerprint density at radius 3 is 2.76 bits per heavy atom. The van der Waals surface area contributed by atoms with Crippen LogP contribution in [0.2, 0.25) is 5.02 Å². The molecule has 0 bridgehead atoms. The van der Waals surface area contributed by atoms with Crippen molar-refractivity contribution in [3.63, 3.8) is 0 Å². The highest BCUT2D eigenvalue weighted by molar-refractivity contribution is 6.31. The zero-order valence-corrected chi connectivity index (χ0v) is 10.6. The Morgan fingerprint density at radius 1 is 1.47 bits per heavy atom. The van der Waals surface area contributed by atoms with Crippen LogP contribution in [0.3, 0.4) is 0 Å². The predicted octanol–water partition coefficient (Wildman–Crippen LogP) is 0.734. The Morgan fingerprint density at radius 2 is 2.24 bits per heavy atom. The Labute approximate surface area is 104 Å². The van der Waals surface area contributed by atoms with Gasteiger partial charge in [-0.15, -0.1) is 5.10 Å². The summed E-state index contributed by atoms with van der Waals surface area (Å²) in [6.45, 7) is 2.97. The lowest BCUT2D eigenvalue weighted by atomic mass is 10.3. The van der Waals surface area contributed by atoms with Crippen LogP contribution in [0.15, 0.2) is 6.20 Å². The van der Waals surface area contributed by atoms with Crippen LogP contribution in [-0.4, -0.2) is 24.8 Å². The molecule has 0 aliphatic heterocycles. The molecule has 0 unspecified atom stereocenters. The van der Waals surface area contributed by atoms with Crippen LogP contribution in [0, 0.1) is 0 Å². The number of aromatic nitrogens is 5. The van der Waals surface area contributed by atoms with Gasteiger partial charge in [0.05, 0.1) is 34.8 Å². The Hall–Kier alpha value is -1.40. The van der Waals surface area contributed by atoms with E-state index in [1.54, 1.807) is 9.36 Å². The van der Waals surface area contributed by atoms with Gasteiger partial charge in [0, 0.05) is 13.6 Å². The van der Waals surface area contributed by atoms with Gasteiger partial charge in [0.1, 0.15) is 0 Å². The second-order valence-electron chi connectivity index (χ2n) is 3.80. The van der Waals surface area contributed by atoms with Crippen LogP contribution < -0.4 is 5.73 Å². The number of halogens is 1. The fourth-order valence-electron chi connectivity index (χ4n) is 1.65. The highest BCUT2D eigenvalue weighted by Crippen LogP contribution is 2.21. The van der Waals surface area contributed by atoms with Crippen LogP contribution >= 0.6 is 11.6 Å². The summed E-state index contributed by atoms with van der Waals surface area (Å²) in [5.74, 6) is 0. The molecule has 2 N–H and O–H groups in total. The van der Waals surface area contributed by atoms with Gasteiger partial charge in [0.2, 0.25) is 0 Å². The molecular formula is C10H15ClN6. The third-order valence-electron chi connectivity index (χ3n) is 2.61. The molecule has 0 saturated carbocycles. The Kier molecular flexibility index (Phi) is 3.44. The maximum Gasteiger partial charge on any atom is 0.0962 e. The number of nitrogens with zero attached hydrogens (tertiary/aromatic N) is 5. The molecule has 0 aromatic carbocycles. The van der Waals surface area contributed by atoms with Crippen molar-refractivity contribution >= 4 is 11.6 Å². The van der Waals surface area contributed by atoms with Crippen molar-refractivity contribution < 1.29 is 0 Å². The van der Waals surface area contributed by atoms with E-state index in [2.05, 4.69) is 15.4 Å². The topological polar surface area (TPSA) is 74.5 Å². The van der Waals surface area contributed by atoms with E-state index in [1.807, 2.05) is 20.2 Å². The van der Waals surface area contributed by atoms with Gasteiger partial charge in [-0.2, -0.15) is 5.10 Å². The third-order valence-corrected chi connectivity index (χ3v) is 3.05. The highest BCUT2D eigenvalue weighted by Gasteiger charge is 2.13. The summed E-state index contributed by atoms with van der Waals surface area (Å²) in [5, 5.41) is 13.0. The van der Waals surface area contributed by atoms with E-state index in [0.29, 0.717) is 18.1 Å². The van der Waals surface area contributed by atoms with Crippen LogP contribution in [0.5, 0.6) is 0 Å². The summed E-state index contributed by atoms with van der Waals surface area (Å²) in [6.07, 6.45) is 2.63. The second kappa shape index (κ2) is 4.85. The predicted molar refractivity (Wildman–Crippen MR) is 64.6 cm³/mol. The SMILES string of the molecule is CCc1nn(C)c(Cn2cc(CN)nn2)c1Cl. The molecular weight excluding hydrogens is 240 g/mol. The van der Waals surface area contributed by atoms with E-state index < -0.39 is 0 Å². The fourth-order valence-corrected chi connectivity index (χ4v) is 2.01. The molecule has 6 nitrogen and oxygen atoms in total. The zero-order chi connectivity index (χ0) is 12.4. The molecule has 7 heteroatoms. The van der Waals surface area contributed by atoms with Gasteiger partial charge in [-0.05, 0) is 6.42 Å². The second-order valence-corrected chi connectivity index (χ2v) is 4.17. The summed E-state index contributed by atoms with van der Waals surface area (Å²) in [7, 11) is 1.88. The minimum atomic E-state index is 0.388. The van der Waals surface area contributed by atoms with E-state index in [9.17, 15) is 0 Å². The first-order valence-electron chi connectivity index (χ1n) is 5.45. The van der Waals surface area contributed by atoms with Crippen molar-refractivity contribution in [1.82, 2.24) is 24.8 Å². The van der Waals surface area contributed by atoms with Gasteiger partial charge in [-0.25, -0.2) is 4.68 Å². The van der Waals surface area contributed by atoms with Crippen LogP contribution in [0.25, 0.3) is 0 Å². The minimum absolute atomic E-state index is 0.388. The first-order valence-corrected chi connectivity index (χ1v) is 5.82. The van der Waals surface area contributed by atoms with Gasteiger partial charge in [-0.3, -0.25) is 4.68 Å². The van der Waals surface area contributed by atoms with Crippen molar-refractivity contribution in [1.29, 1.82) is 0 Å². The summed E-state index contributed by atoms with van der Waals surface area (Å²) >= 11 is 6.25. The number of rotatable bonds is 4. The number of hydrogen-bond acceptors (Lipinski definition) is 4. The smallest absolute Gasteiger partial charge is 0.0962 e. The van der Waals surface area contributed by atoms with E-state index in [0.717, 1.165) is 23.5 Å². The van der Waals surface area contributed by atoms with Gasteiger partial charge in [-0.1, -0.05) is 23.7 Å². The zero-order valence-electron chi connectivity index (χ0n) is 9.89. The van der Waals surface area contributed by atoms with E-state index in [4.69, 9.17) is 17.3 Å². The van der Waals surface area contributed by atoms with Crippen molar-refractivity contribution in [2.75, 3.05) is 0 Å². The lowest BCUT2D eigenvalue weighted by molar-refractivity contribution is 0.598. The Bertz CT molecular complexity index is 515. The van der Waals surface area contributed by atoms with E-state index in [-0.39, 0.29) is 0 Å². The molecule has 0 atom stereocenters. The van der Waals surface area contributed by atoms with Crippen LogP contribution in [0.4, 0.5) is 0 Å². The van der Waals surface area contributed by atoms with Gasteiger partial charge in [0.25, 0.3) is 0 Å². The number of aryl methyl sites for hydroxylation is 2. The first kappa shape index (κ1) is 12.1. The molecule has 0 fully saturated rings. The Balaban J connectivity index is 2.26. The van der Waals surface area contributed by atoms with Crippen LogP contribution in [-0.2, 0) is 26.6 Å². The highest BCUT2D eigenvalue weighted by atomic mass is 35.5. The van der Waals surface area contributed by atoms with Crippen molar-refractivity contribution in [2.45, 2.75) is 26.4 Å². The standard InChI is InChI=1S/C10H15ClN6/c1-3-8-10(11)9(16(2)14-8)6-17-5-7(4-12)13-15-17/h5H,3-4,6,12H2,1-2H3. The van der Waals surface area contributed by atoms with E-state index >= 15 is 0 Å². The molecule has 2 rings (SSSR count). The molecule has 0 saturated heterocycles. The summed E-state index contributed by atoms with van der Waals surface area (Å²) in [4.78, 5) is 0. The molecule has 0 aliphatic rings. The van der Waals surface area contributed by atoms with Crippen LogP contribution in [0.1, 0.15) is 24.0 Å². The lowest BCUT2D eigenvalue weighted by Gasteiger charge is -2.01. The van der Waals surface area contributed by atoms with Gasteiger partial charge < -0.3 is 5.73 Å². The van der Waals surface area contributed by atoms with Gasteiger partial charge in [0.15, 0.2) is 0 Å². The third kappa shape index (κ3) is 2.32. The molecule has 0 radical (unpaired) electrons. The molecule has 2 aromatic rings. The molecule has 92 valence electrons. The van der Waals surface area contributed by atoms with Crippen molar-refractivity contribution in [3.8, 4) is 0 Å². The molecule has 0 aliphatic carbocycles. The monoisotopic (exact) mass is 254 g/mol. The number of nitrogens with two attached hydrogens (primary N) is 1. The molecule has 2 aromatic heterocycles. The maximum atomic E-state index is 6.25. The largest absolute Gasteiger partial charge is 0.325 e. The lowest BCUT2D eigenvalue weighted by Crippen LogP contribution is -2.06. The molecule has 0 amide bonds. The summed E-state index contributed by atoms with van der Waals surface area (Å²) in [6, 6.07) is 0. The average Bonchev–Trinajstić information content (AvgIpc) is 2.88. The van der Waals surface area contributed by atoms with Crippen molar-refractivity contribution in [2.24, 2.45) is 12.8 Å². The summed E-state index contributed by atoms with van der Waals surface area (Å²) < 4.78 is 3.50. The van der Waals surface area contributed by atoms with Gasteiger partial charge >= 0.3 is 0 Å². The quantitative estimate of drug-likeness (QED) is 0.873. The average molecular weight is 255 g/mol.